The molecule has 2 heterocycles. The molecule has 36 heavy (non-hydrogen) atoms. The van der Waals surface area contributed by atoms with E-state index in [1.807, 2.05) is 0 Å². The van der Waals surface area contributed by atoms with Crippen molar-refractivity contribution in [3.63, 3.8) is 0 Å². The zero-order valence-corrected chi connectivity index (χ0v) is 21.7. The van der Waals surface area contributed by atoms with Gasteiger partial charge in [-0.3, -0.25) is 9.69 Å². The highest BCUT2D eigenvalue weighted by Gasteiger charge is 2.36. The lowest BCUT2D eigenvalue weighted by Gasteiger charge is -2.27. The topological polar surface area (TPSA) is 88.6 Å². The second kappa shape index (κ2) is 10.6. The predicted molar refractivity (Wildman–Crippen MR) is 134 cm³/mol. The zero-order chi connectivity index (χ0) is 26.0. The van der Waals surface area contributed by atoms with Crippen LogP contribution in [0.3, 0.4) is 0 Å². The zero-order valence-electron chi connectivity index (χ0n) is 20.1. The number of hydrogen-bond acceptors (Lipinski definition) is 7. The van der Waals surface area contributed by atoms with Gasteiger partial charge in [0.15, 0.2) is 15.0 Å². The molecule has 4 rings (SSSR count). The lowest BCUT2D eigenvalue weighted by molar-refractivity contribution is -0.115. The molecular formula is C25H27F2N3O4S2. The molecule has 1 aliphatic heterocycles. The third-order valence-electron chi connectivity index (χ3n) is 5.88. The Morgan fingerprint density at radius 3 is 2.36 bits per heavy atom. The van der Waals surface area contributed by atoms with Crippen molar-refractivity contribution in [3.05, 3.63) is 70.2 Å². The largest absolute Gasteiger partial charge is 0.435 e. The number of amides is 1. The maximum Gasteiger partial charge on any atom is 0.387 e. The fourth-order valence-electron chi connectivity index (χ4n) is 4.32. The van der Waals surface area contributed by atoms with Crippen molar-refractivity contribution in [3.8, 4) is 5.75 Å². The van der Waals surface area contributed by atoms with Gasteiger partial charge in [0, 0.05) is 24.2 Å². The van der Waals surface area contributed by atoms with Crippen LogP contribution in [-0.2, 0) is 34.1 Å². The summed E-state index contributed by atoms with van der Waals surface area (Å²) in [4.78, 5) is 20.9. The van der Waals surface area contributed by atoms with Gasteiger partial charge in [-0.15, -0.1) is 11.3 Å². The van der Waals surface area contributed by atoms with Crippen LogP contribution < -0.4 is 10.1 Å². The van der Waals surface area contributed by atoms with Crippen LogP contribution in [-0.4, -0.2) is 37.1 Å². The quantitative estimate of drug-likeness (QED) is 0.413. The molecule has 1 aliphatic rings. The Labute approximate surface area is 213 Å². The molecule has 0 spiro atoms. The molecule has 0 fully saturated rings. The van der Waals surface area contributed by atoms with Crippen molar-refractivity contribution in [2.24, 2.45) is 5.92 Å². The lowest BCUT2D eigenvalue weighted by Crippen LogP contribution is -2.26. The number of thiazole rings is 1. The van der Waals surface area contributed by atoms with Crippen molar-refractivity contribution in [2.45, 2.75) is 50.9 Å². The van der Waals surface area contributed by atoms with E-state index in [-0.39, 0.29) is 34.9 Å². The van der Waals surface area contributed by atoms with Crippen LogP contribution in [0.5, 0.6) is 5.75 Å². The normalized spacial score (nSPS) is 15.9. The molecule has 0 bridgehead atoms. The summed E-state index contributed by atoms with van der Waals surface area (Å²) in [5, 5.41) is 3.41. The Kier molecular flexibility index (Phi) is 7.72. The Morgan fingerprint density at radius 2 is 1.78 bits per heavy atom. The molecule has 7 nitrogen and oxygen atoms in total. The van der Waals surface area contributed by atoms with Crippen LogP contribution in [0.15, 0.2) is 53.4 Å². The number of anilines is 1. The summed E-state index contributed by atoms with van der Waals surface area (Å²) < 4.78 is 52.4. The van der Waals surface area contributed by atoms with Crippen LogP contribution >= 0.6 is 11.3 Å². The SMILES string of the molecule is CC(C)[C@@H]1c2nc(NC(=O)Cc3ccc(S(C)(=O)=O)cc3)sc2CN1Cc1ccc(OC(F)F)cc1. The Hall–Kier alpha value is -2.89. The fourth-order valence-corrected chi connectivity index (χ4v) is 6.00. The van der Waals surface area contributed by atoms with Gasteiger partial charge in [0.25, 0.3) is 0 Å². The van der Waals surface area contributed by atoms with E-state index >= 15 is 0 Å². The number of halogens is 2. The number of benzene rings is 2. The minimum absolute atomic E-state index is 0.0578. The highest BCUT2D eigenvalue weighted by atomic mass is 32.2. The van der Waals surface area contributed by atoms with Crippen LogP contribution in [0.25, 0.3) is 0 Å². The van der Waals surface area contributed by atoms with Crippen molar-refractivity contribution >= 4 is 32.2 Å². The number of nitrogens with one attached hydrogen (secondary N) is 1. The summed E-state index contributed by atoms with van der Waals surface area (Å²) >= 11 is 1.44. The summed E-state index contributed by atoms with van der Waals surface area (Å²) in [7, 11) is -3.28. The monoisotopic (exact) mass is 535 g/mol. The number of fused-ring (bicyclic) bond motifs is 1. The van der Waals surface area contributed by atoms with E-state index in [4.69, 9.17) is 4.98 Å². The molecule has 0 radical (unpaired) electrons. The van der Waals surface area contributed by atoms with Crippen LogP contribution in [0.2, 0.25) is 0 Å². The number of sulfone groups is 1. The average molecular weight is 536 g/mol. The van der Waals surface area contributed by atoms with Crippen molar-refractivity contribution < 1.29 is 26.7 Å². The van der Waals surface area contributed by atoms with E-state index in [2.05, 4.69) is 28.8 Å². The molecular weight excluding hydrogens is 508 g/mol. The third-order valence-corrected chi connectivity index (χ3v) is 7.98. The molecule has 11 heteroatoms. The van der Waals surface area contributed by atoms with Crippen molar-refractivity contribution in [1.82, 2.24) is 9.88 Å². The van der Waals surface area contributed by atoms with Gasteiger partial charge in [-0.25, -0.2) is 13.4 Å². The van der Waals surface area contributed by atoms with E-state index in [1.54, 1.807) is 24.3 Å². The summed E-state index contributed by atoms with van der Waals surface area (Å²) in [5.41, 5.74) is 2.63. The van der Waals surface area contributed by atoms with Gasteiger partial charge in [-0.1, -0.05) is 38.1 Å². The van der Waals surface area contributed by atoms with E-state index in [9.17, 15) is 22.0 Å². The fraction of sp³-hybridized carbons (Fsp3) is 0.360. The number of aromatic nitrogens is 1. The third kappa shape index (κ3) is 6.26. The van der Waals surface area contributed by atoms with Crippen molar-refractivity contribution in [1.29, 1.82) is 0 Å². The van der Waals surface area contributed by atoms with Crippen LogP contribution in [0.4, 0.5) is 13.9 Å². The summed E-state index contributed by atoms with van der Waals surface area (Å²) in [6.07, 6.45) is 1.25. The smallest absolute Gasteiger partial charge is 0.387 e. The van der Waals surface area contributed by atoms with Gasteiger partial charge < -0.3 is 10.1 Å². The van der Waals surface area contributed by atoms with Gasteiger partial charge in [-0.05, 0) is 41.3 Å². The molecule has 3 aromatic rings. The van der Waals surface area contributed by atoms with Gasteiger partial charge in [0.2, 0.25) is 5.91 Å². The Morgan fingerprint density at radius 1 is 1.14 bits per heavy atom. The van der Waals surface area contributed by atoms with Gasteiger partial charge in [0.05, 0.1) is 23.1 Å². The Balaban J connectivity index is 1.40. The van der Waals surface area contributed by atoms with Gasteiger partial charge in [0.1, 0.15) is 5.75 Å². The van der Waals surface area contributed by atoms with E-state index in [1.165, 1.54) is 35.6 Å². The first-order valence-electron chi connectivity index (χ1n) is 11.4. The van der Waals surface area contributed by atoms with E-state index in [0.717, 1.165) is 22.4 Å². The first kappa shape index (κ1) is 26.2. The van der Waals surface area contributed by atoms with Gasteiger partial charge >= 0.3 is 6.61 Å². The first-order chi connectivity index (χ1) is 17.0. The number of carbonyl (C=O) groups is 1. The molecule has 0 aliphatic carbocycles. The van der Waals surface area contributed by atoms with Gasteiger partial charge in [-0.2, -0.15) is 8.78 Å². The molecule has 1 N–H and O–H groups in total. The molecule has 0 saturated carbocycles. The second-order valence-electron chi connectivity index (χ2n) is 9.08. The average Bonchev–Trinajstić information content (AvgIpc) is 3.30. The number of alkyl halides is 2. The first-order valence-corrected chi connectivity index (χ1v) is 14.1. The molecule has 1 amide bonds. The standard InChI is InChI=1S/C25H27F2N3O4S2/c1-15(2)23-22-20(14-30(23)13-17-4-8-18(9-5-17)34-24(26)27)35-25(29-22)28-21(31)12-16-6-10-19(11-7-16)36(3,32)33/h4-11,15,23-24H,12-14H2,1-3H3,(H,28,29,31)/t23-/m1/s1. The highest BCUT2D eigenvalue weighted by molar-refractivity contribution is 7.90. The maximum atomic E-state index is 12.6. The number of ether oxygens (including phenoxy) is 1. The van der Waals surface area contributed by atoms with E-state index in [0.29, 0.717) is 23.8 Å². The van der Waals surface area contributed by atoms with Crippen molar-refractivity contribution in [2.75, 3.05) is 11.6 Å². The molecule has 1 atom stereocenters. The molecule has 1 aromatic heterocycles. The van der Waals surface area contributed by atoms with E-state index < -0.39 is 16.4 Å². The molecule has 192 valence electrons. The Bertz CT molecular complexity index is 1320. The minimum atomic E-state index is -3.28. The maximum absolute atomic E-state index is 12.6. The molecule has 2 aromatic carbocycles. The summed E-state index contributed by atoms with van der Waals surface area (Å²) in [5.74, 6) is 0.174. The highest BCUT2D eigenvalue weighted by Crippen LogP contribution is 2.43. The summed E-state index contributed by atoms with van der Waals surface area (Å²) in [6, 6.07) is 13.0. The van der Waals surface area contributed by atoms with Crippen LogP contribution in [0.1, 0.15) is 41.6 Å². The number of nitrogens with zero attached hydrogens (tertiary/aromatic N) is 2. The van der Waals surface area contributed by atoms with Crippen LogP contribution in [0, 0.1) is 5.92 Å². The molecule has 0 unspecified atom stereocenters. The molecule has 0 saturated heterocycles. The minimum Gasteiger partial charge on any atom is -0.435 e. The number of carbonyl (C=O) groups excluding carboxylic acids is 1. The second-order valence-corrected chi connectivity index (χ2v) is 12.2. The lowest BCUT2D eigenvalue weighted by atomic mass is 10.0. The number of hydrogen-bond donors (Lipinski definition) is 1. The predicted octanol–water partition coefficient (Wildman–Crippen LogP) is 5.04. The summed E-state index contributed by atoms with van der Waals surface area (Å²) in [6.45, 7) is 2.69. The number of rotatable bonds is 9.